The molecular weight excluding hydrogens is 200 g/mol. The lowest BCUT2D eigenvalue weighted by atomic mass is 9.68. The maximum Gasteiger partial charge on any atom is 0.0529 e. The third-order valence-corrected chi connectivity index (χ3v) is 3.58. The lowest BCUT2D eigenvalue weighted by Gasteiger charge is -2.45. The minimum Gasteiger partial charge on any atom is -0.395 e. The molecule has 0 aromatic carbocycles. The minimum atomic E-state index is -0.0995. The minimum absolute atomic E-state index is 0.0875. The second-order valence-corrected chi connectivity index (χ2v) is 5.41. The first-order valence-corrected chi connectivity index (χ1v) is 5.84. The molecule has 2 heterocycles. The van der Waals surface area contributed by atoms with Gasteiger partial charge in [-0.2, -0.15) is 0 Å². The van der Waals surface area contributed by atoms with Gasteiger partial charge in [0, 0.05) is 23.3 Å². The third-order valence-electron chi connectivity index (χ3n) is 3.58. The fourth-order valence-corrected chi connectivity index (χ4v) is 2.82. The standard InChI is InChI=1S/C13H20N2O/c1-12(2)9-13(10-16,5-8-15-12)11-3-6-14-7-4-11/h3-4,6-7,15-16H,5,8-10H2,1-2H3. The van der Waals surface area contributed by atoms with Crippen LogP contribution >= 0.6 is 0 Å². The fourth-order valence-electron chi connectivity index (χ4n) is 2.82. The molecular formula is C13H20N2O. The van der Waals surface area contributed by atoms with E-state index in [0.717, 1.165) is 19.4 Å². The van der Waals surface area contributed by atoms with Crippen molar-refractivity contribution in [1.82, 2.24) is 10.3 Å². The number of aliphatic hydroxyl groups excluding tert-OH is 1. The highest BCUT2D eigenvalue weighted by Crippen LogP contribution is 2.38. The van der Waals surface area contributed by atoms with E-state index in [1.165, 1.54) is 5.56 Å². The number of pyridine rings is 1. The summed E-state index contributed by atoms with van der Waals surface area (Å²) in [6, 6.07) is 4.05. The van der Waals surface area contributed by atoms with Crippen LogP contribution in [0.25, 0.3) is 0 Å². The fraction of sp³-hybridized carbons (Fsp3) is 0.615. The second-order valence-electron chi connectivity index (χ2n) is 5.41. The summed E-state index contributed by atoms with van der Waals surface area (Å²) in [5.74, 6) is 0. The normalized spacial score (nSPS) is 28.9. The Morgan fingerprint density at radius 3 is 2.62 bits per heavy atom. The molecule has 1 fully saturated rings. The smallest absolute Gasteiger partial charge is 0.0529 e. The van der Waals surface area contributed by atoms with Crippen LogP contribution in [0.5, 0.6) is 0 Å². The molecule has 2 N–H and O–H groups in total. The first-order chi connectivity index (χ1) is 7.58. The van der Waals surface area contributed by atoms with Gasteiger partial charge in [0.05, 0.1) is 6.61 Å². The molecule has 0 amide bonds. The van der Waals surface area contributed by atoms with Crippen molar-refractivity contribution in [2.75, 3.05) is 13.2 Å². The van der Waals surface area contributed by atoms with E-state index in [0.29, 0.717) is 0 Å². The van der Waals surface area contributed by atoms with Crippen LogP contribution < -0.4 is 5.32 Å². The van der Waals surface area contributed by atoms with Gasteiger partial charge in [-0.25, -0.2) is 0 Å². The van der Waals surface area contributed by atoms with Gasteiger partial charge in [-0.05, 0) is 50.9 Å². The number of nitrogens with one attached hydrogen (secondary N) is 1. The van der Waals surface area contributed by atoms with Crippen LogP contribution in [0.15, 0.2) is 24.5 Å². The maximum atomic E-state index is 9.78. The van der Waals surface area contributed by atoms with Gasteiger partial charge >= 0.3 is 0 Å². The molecule has 88 valence electrons. The highest BCUT2D eigenvalue weighted by molar-refractivity contribution is 5.25. The number of aromatic nitrogens is 1. The Morgan fingerprint density at radius 2 is 2.06 bits per heavy atom. The highest BCUT2D eigenvalue weighted by Gasteiger charge is 2.40. The Balaban J connectivity index is 2.33. The van der Waals surface area contributed by atoms with E-state index < -0.39 is 0 Å². The zero-order chi connectivity index (χ0) is 11.6. The summed E-state index contributed by atoms with van der Waals surface area (Å²) in [6.45, 7) is 5.55. The van der Waals surface area contributed by atoms with E-state index in [1.807, 2.05) is 24.5 Å². The molecule has 16 heavy (non-hydrogen) atoms. The number of rotatable bonds is 2. The van der Waals surface area contributed by atoms with E-state index in [1.54, 1.807) is 0 Å². The van der Waals surface area contributed by atoms with Crippen LogP contribution in [-0.4, -0.2) is 28.8 Å². The van der Waals surface area contributed by atoms with Crippen LogP contribution in [-0.2, 0) is 5.41 Å². The summed E-state index contributed by atoms with van der Waals surface area (Å²) < 4.78 is 0. The average Bonchev–Trinajstić information content (AvgIpc) is 2.29. The van der Waals surface area contributed by atoms with E-state index >= 15 is 0 Å². The van der Waals surface area contributed by atoms with Crippen molar-refractivity contribution in [3.8, 4) is 0 Å². The molecule has 1 aliphatic heterocycles. The van der Waals surface area contributed by atoms with Gasteiger partial charge in [-0.15, -0.1) is 0 Å². The predicted octanol–water partition coefficient (Wildman–Crippen LogP) is 1.47. The summed E-state index contributed by atoms with van der Waals surface area (Å²) in [5, 5.41) is 13.3. The number of nitrogens with zero attached hydrogens (tertiary/aromatic N) is 1. The summed E-state index contributed by atoms with van der Waals surface area (Å²) in [6.07, 6.45) is 5.56. The molecule has 1 aromatic heterocycles. The van der Waals surface area contributed by atoms with Gasteiger partial charge in [-0.3, -0.25) is 4.98 Å². The van der Waals surface area contributed by atoms with Crippen molar-refractivity contribution >= 4 is 0 Å². The number of hydrogen-bond donors (Lipinski definition) is 2. The van der Waals surface area contributed by atoms with Crippen molar-refractivity contribution in [2.24, 2.45) is 0 Å². The number of piperidine rings is 1. The van der Waals surface area contributed by atoms with E-state index in [-0.39, 0.29) is 17.6 Å². The van der Waals surface area contributed by atoms with Crippen molar-refractivity contribution in [3.05, 3.63) is 30.1 Å². The van der Waals surface area contributed by atoms with Crippen LogP contribution in [0.2, 0.25) is 0 Å². The molecule has 1 aromatic rings. The Bertz CT molecular complexity index is 350. The average molecular weight is 220 g/mol. The first-order valence-electron chi connectivity index (χ1n) is 5.84. The van der Waals surface area contributed by atoms with Gasteiger partial charge in [0.2, 0.25) is 0 Å². The number of aliphatic hydroxyl groups is 1. The quantitative estimate of drug-likeness (QED) is 0.793. The van der Waals surface area contributed by atoms with Gasteiger partial charge in [0.1, 0.15) is 0 Å². The zero-order valence-electron chi connectivity index (χ0n) is 10.0. The van der Waals surface area contributed by atoms with Crippen LogP contribution in [0.4, 0.5) is 0 Å². The van der Waals surface area contributed by atoms with Crippen molar-refractivity contribution < 1.29 is 5.11 Å². The molecule has 3 heteroatoms. The van der Waals surface area contributed by atoms with E-state index in [4.69, 9.17) is 0 Å². The van der Waals surface area contributed by atoms with Crippen LogP contribution in [0, 0.1) is 0 Å². The van der Waals surface area contributed by atoms with E-state index in [2.05, 4.69) is 24.1 Å². The Hall–Kier alpha value is -0.930. The topological polar surface area (TPSA) is 45.2 Å². The predicted molar refractivity (Wildman–Crippen MR) is 64.3 cm³/mol. The van der Waals surface area contributed by atoms with Crippen LogP contribution in [0.1, 0.15) is 32.3 Å². The molecule has 0 bridgehead atoms. The highest BCUT2D eigenvalue weighted by atomic mass is 16.3. The molecule has 3 nitrogen and oxygen atoms in total. The van der Waals surface area contributed by atoms with Crippen molar-refractivity contribution in [1.29, 1.82) is 0 Å². The van der Waals surface area contributed by atoms with Gasteiger partial charge in [-0.1, -0.05) is 0 Å². The summed E-state index contributed by atoms with van der Waals surface area (Å²) >= 11 is 0. The van der Waals surface area contributed by atoms with Crippen molar-refractivity contribution in [3.63, 3.8) is 0 Å². The maximum absolute atomic E-state index is 9.78. The Morgan fingerprint density at radius 1 is 1.38 bits per heavy atom. The zero-order valence-corrected chi connectivity index (χ0v) is 10.0. The lowest BCUT2D eigenvalue weighted by molar-refractivity contribution is 0.112. The second kappa shape index (κ2) is 4.15. The Kier molecular flexibility index (Phi) is 3.00. The molecule has 1 unspecified atom stereocenters. The van der Waals surface area contributed by atoms with Gasteiger partial charge in [0.15, 0.2) is 0 Å². The molecule has 2 rings (SSSR count). The SMILES string of the molecule is CC1(C)CC(CO)(c2ccncc2)CCN1. The molecule has 1 saturated heterocycles. The van der Waals surface area contributed by atoms with Gasteiger partial charge in [0.25, 0.3) is 0 Å². The van der Waals surface area contributed by atoms with Gasteiger partial charge < -0.3 is 10.4 Å². The largest absolute Gasteiger partial charge is 0.395 e. The first kappa shape index (κ1) is 11.6. The molecule has 1 aliphatic rings. The molecule has 1 atom stereocenters. The summed E-state index contributed by atoms with van der Waals surface area (Å²) in [5.41, 5.74) is 1.20. The monoisotopic (exact) mass is 220 g/mol. The molecule has 0 spiro atoms. The Labute approximate surface area is 96.9 Å². The van der Waals surface area contributed by atoms with Crippen molar-refractivity contribution in [2.45, 2.75) is 37.6 Å². The lowest BCUT2D eigenvalue weighted by Crippen LogP contribution is -2.53. The number of hydrogen-bond acceptors (Lipinski definition) is 3. The summed E-state index contributed by atoms with van der Waals surface area (Å²) in [4.78, 5) is 4.04. The van der Waals surface area contributed by atoms with E-state index in [9.17, 15) is 5.11 Å². The van der Waals surface area contributed by atoms with Crippen LogP contribution in [0.3, 0.4) is 0 Å². The summed E-state index contributed by atoms with van der Waals surface area (Å²) in [7, 11) is 0. The molecule has 0 saturated carbocycles. The molecule has 0 aliphatic carbocycles. The third kappa shape index (κ3) is 2.11. The molecule has 0 radical (unpaired) electrons.